The molecule has 6 nitrogen and oxygen atoms in total. The second kappa shape index (κ2) is 7.47. The van der Waals surface area contributed by atoms with Crippen molar-refractivity contribution in [3.8, 4) is 11.5 Å². The number of nitrogens with zero attached hydrogens (tertiary/aromatic N) is 1. The first-order chi connectivity index (χ1) is 12.4. The highest BCUT2D eigenvalue weighted by Gasteiger charge is 2.15. The van der Waals surface area contributed by atoms with Crippen LogP contribution in [0.3, 0.4) is 0 Å². The molecule has 2 N–H and O–H groups in total. The summed E-state index contributed by atoms with van der Waals surface area (Å²) in [5, 5.41) is 3.85. The van der Waals surface area contributed by atoms with Gasteiger partial charge in [-0.05, 0) is 63.1 Å². The predicted molar refractivity (Wildman–Crippen MR) is 101 cm³/mol. The largest absolute Gasteiger partial charge is 0.456 e. The maximum absolute atomic E-state index is 11.7. The van der Waals surface area contributed by atoms with Crippen LogP contribution in [0.25, 0.3) is 10.9 Å². The van der Waals surface area contributed by atoms with Crippen molar-refractivity contribution in [1.82, 2.24) is 15.3 Å². The molecule has 0 atom stereocenters. The quantitative estimate of drug-likeness (QED) is 0.712. The molecule has 26 heavy (non-hydrogen) atoms. The third-order valence-corrected chi connectivity index (χ3v) is 3.67. The zero-order valence-electron chi connectivity index (χ0n) is 15.2. The molecule has 0 unspecified atom stereocenters. The van der Waals surface area contributed by atoms with Crippen molar-refractivity contribution in [1.29, 1.82) is 0 Å². The minimum Gasteiger partial charge on any atom is -0.456 e. The molecule has 0 aliphatic carbocycles. The van der Waals surface area contributed by atoms with Crippen molar-refractivity contribution < 1.29 is 14.3 Å². The SMILES string of the molecule is CC(C)(C)OC(=O)NCCc1c[nH]c2ccc(Oc3cccnc3)cc12. The number of hydrogen-bond donors (Lipinski definition) is 2. The zero-order valence-corrected chi connectivity index (χ0v) is 15.2. The van der Waals surface area contributed by atoms with Crippen molar-refractivity contribution in [2.75, 3.05) is 6.54 Å². The summed E-state index contributed by atoms with van der Waals surface area (Å²) in [6.07, 6.45) is 5.62. The van der Waals surface area contributed by atoms with Crippen molar-refractivity contribution in [3.05, 3.63) is 54.5 Å². The summed E-state index contributed by atoms with van der Waals surface area (Å²) in [4.78, 5) is 19.0. The van der Waals surface area contributed by atoms with Crippen molar-refractivity contribution in [3.63, 3.8) is 0 Å². The molecule has 0 saturated heterocycles. The lowest BCUT2D eigenvalue weighted by molar-refractivity contribution is 0.0528. The van der Waals surface area contributed by atoms with Crippen LogP contribution in [-0.2, 0) is 11.2 Å². The smallest absolute Gasteiger partial charge is 0.407 e. The number of amides is 1. The van der Waals surface area contributed by atoms with E-state index in [2.05, 4.69) is 15.3 Å². The Morgan fingerprint density at radius 3 is 2.81 bits per heavy atom. The van der Waals surface area contributed by atoms with E-state index in [4.69, 9.17) is 9.47 Å². The number of nitrogens with one attached hydrogen (secondary N) is 2. The highest BCUT2D eigenvalue weighted by Crippen LogP contribution is 2.27. The summed E-state index contributed by atoms with van der Waals surface area (Å²) in [6, 6.07) is 9.57. The molecule has 3 rings (SSSR count). The average molecular weight is 353 g/mol. The van der Waals surface area contributed by atoms with E-state index in [0.29, 0.717) is 18.7 Å². The van der Waals surface area contributed by atoms with Crippen molar-refractivity contribution >= 4 is 17.0 Å². The second-order valence-corrected chi connectivity index (χ2v) is 6.99. The van der Waals surface area contributed by atoms with E-state index in [1.165, 1.54) is 0 Å². The molecular weight excluding hydrogens is 330 g/mol. The normalized spacial score (nSPS) is 11.3. The van der Waals surface area contributed by atoms with Crippen LogP contribution in [-0.4, -0.2) is 28.2 Å². The number of benzene rings is 1. The van der Waals surface area contributed by atoms with Gasteiger partial charge in [-0.3, -0.25) is 4.98 Å². The zero-order chi connectivity index (χ0) is 18.6. The molecular formula is C20H23N3O3. The number of aromatic amines is 1. The molecule has 3 aromatic rings. The number of aromatic nitrogens is 2. The Kier molecular flexibility index (Phi) is 5.11. The fraction of sp³-hybridized carbons (Fsp3) is 0.300. The summed E-state index contributed by atoms with van der Waals surface area (Å²) in [6.45, 7) is 6.03. The maximum atomic E-state index is 11.7. The van der Waals surface area contributed by atoms with E-state index in [1.54, 1.807) is 12.4 Å². The fourth-order valence-electron chi connectivity index (χ4n) is 2.58. The van der Waals surface area contributed by atoms with Gasteiger partial charge >= 0.3 is 6.09 Å². The number of rotatable bonds is 5. The fourth-order valence-corrected chi connectivity index (χ4v) is 2.58. The van der Waals surface area contributed by atoms with Crippen LogP contribution < -0.4 is 10.1 Å². The van der Waals surface area contributed by atoms with E-state index in [-0.39, 0.29) is 0 Å². The number of carbonyl (C=O) groups excluding carboxylic acids is 1. The van der Waals surface area contributed by atoms with Crippen LogP contribution in [0.5, 0.6) is 11.5 Å². The number of hydrogen-bond acceptors (Lipinski definition) is 4. The number of ether oxygens (including phenoxy) is 2. The minimum absolute atomic E-state index is 0.405. The van der Waals surface area contributed by atoms with Gasteiger partial charge in [-0.15, -0.1) is 0 Å². The molecule has 0 fully saturated rings. The molecule has 6 heteroatoms. The summed E-state index contributed by atoms with van der Waals surface area (Å²) in [7, 11) is 0. The first-order valence-corrected chi connectivity index (χ1v) is 8.55. The molecule has 0 saturated carbocycles. The average Bonchev–Trinajstić information content (AvgIpc) is 2.97. The van der Waals surface area contributed by atoms with Gasteiger partial charge in [-0.1, -0.05) is 0 Å². The minimum atomic E-state index is -0.497. The van der Waals surface area contributed by atoms with Crippen LogP contribution >= 0.6 is 0 Å². The Labute approximate surface area is 152 Å². The topological polar surface area (TPSA) is 76.2 Å². The standard InChI is InChI=1S/C20H23N3O3/c1-20(2,3)26-19(24)22-10-8-14-12-23-18-7-6-15(11-17(14)18)25-16-5-4-9-21-13-16/h4-7,9,11-13,23H,8,10H2,1-3H3,(H,22,24). The monoisotopic (exact) mass is 353 g/mol. The molecule has 2 heterocycles. The lowest BCUT2D eigenvalue weighted by Gasteiger charge is -2.19. The maximum Gasteiger partial charge on any atom is 0.407 e. The summed E-state index contributed by atoms with van der Waals surface area (Å²) >= 11 is 0. The van der Waals surface area contributed by atoms with Crippen LogP contribution in [0.1, 0.15) is 26.3 Å². The van der Waals surface area contributed by atoms with Gasteiger partial charge in [0.2, 0.25) is 0 Å². The first kappa shape index (κ1) is 17.8. The lowest BCUT2D eigenvalue weighted by Crippen LogP contribution is -2.33. The Morgan fingerprint density at radius 1 is 1.23 bits per heavy atom. The lowest BCUT2D eigenvalue weighted by atomic mass is 10.1. The van der Waals surface area contributed by atoms with E-state index in [0.717, 1.165) is 22.2 Å². The van der Waals surface area contributed by atoms with E-state index >= 15 is 0 Å². The third kappa shape index (κ3) is 4.75. The second-order valence-electron chi connectivity index (χ2n) is 6.99. The number of fused-ring (bicyclic) bond motifs is 1. The number of pyridine rings is 1. The van der Waals surface area contributed by atoms with Gasteiger partial charge in [0, 0.05) is 29.8 Å². The third-order valence-electron chi connectivity index (χ3n) is 3.67. The number of H-pyrrole nitrogens is 1. The van der Waals surface area contributed by atoms with E-state index < -0.39 is 11.7 Å². The summed E-state index contributed by atoms with van der Waals surface area (Å²) in [5.74, 6) is 1.43. The molecule has 0 spiro atoms. The van der Waals surface area contributed by atoms with E-state index in [9.17, 15) is 4.79 Å². The van der Waals surface area contributed by atoms with Gasteiger partial charge in [-0.2, -0.15) is 0 Å². The molecule has 136 valence electrons. The van der Waals surface area contributed by atoms with E-state index in [1.807, 2.05) is 57.3 Å². The van der Waals surface area contributed by atoms with Crippen molar-refractivity contribution in [2.24, 2.45) is 0 Å². The van der Waals surface area contributed by atoms with Gasteiger partial charge in [0.1, 0.15) is 17.1 Å². The predicted octanol–water partition coefficient (Wildman–Crippen LogP) is 4.42. The highest BCUT2D eigenvalue weighted by molar-refractivity contribution is 5.84. The highest BCUT2D eigenvalue weighted by atomic mass is 16.6. The Balaban J connectivity index is 1.65. The van der Waals surface area contributed by atoms with Gasteiger partial charge in [0.25, 0.3) is 0 Å². The molecule has 0 bridgehead atoms. The first-order valence-electron chi connectivity index (χ1n) is 8.55. The van der Waals surface area contributed by atoms with Gasteiger partial charge < -0.3 is 19.8 Å². The molecule has 0 radical (unpaired) electrons. The molecule has 1 amide bonds. The number of carbonyl (C=O) groups is 1. The van der Waals surface area contributed by atoms with Crippen LogP contribution in [0.4, 0.5) is 4.79 Å². The molecule has 0 aliphatic rings. The van der Waals surface area contributed by atoms with Crippen molar-refractivity contribution in [2.45, 2.75) is 32.8 Å². The molecule has 0 aliphatic heterocycles. The van der Waals surface area contributed by atoms with Gasteiger partial charge in [0.15, 0.2) is 0 Å². The molecule has 1 aromatic carbocycles. The summed E-state index contributed by atoms with van der Waals surface area (Å²) in [5.41, 5.74) is 1.63. The Morgan fingerprint density at radius 2 is 2.08 bits per heavy atom. The molecule has 2 aromatic heterocycles. The van der Waals surface area contributed by atoms with Crippen LogP contribution in [0.15, 0.2) is 48.9 Å². The van der Waals surface area contributed by atoms with Gasteiger partial charge in [0.05, 0.1) is 6.20 Å². The Hall–Kier alpha value is -3.02. The van der Waals surface area contributed by atoms with Crippen LogP contribution in [0.2, 0.25) is 0 Å². The summed E-state index contributed by atoms with van der Waals surface area (Å²) < 4.78 is 11.1. The van der Waals surface area contributed by atoms with Gasteiger partial charge in [-0.25, -0.2) is 4.79 Å². The Bertz CT molecular complexity index is 882. The number of alkyl carbamates (subject to hydrolysis) is 1. The van der Waals surface area contributed by atoms with Crippen LogP contribution in [0, 0.1) is 0 Å².